The second-order valence-corrected chi connectivity index (χ2v) is 4.87. The predicted octanol–water partition coefficient (Wildman–Crippen LogP) is 2.07. The molecule has 3 nitrogen and oxygen atoms in total. The minimum atomic E-state index is -0.159. The van der Waals surface area contributed by atoms with Crippen LogP contribution in [0.4, 0.5) is 5.69 Å². The van der Waals surface area contributed by atoms with Crippen LogP contribution >= 0.6 is 12.2 Å². The van der Waals surface area contributed by atoms with Gasteiger partial charge in [0, 0.05) is 11.2 Å². The largest absolute Gasteiger partial charge is 0.376 e. The highest BCUT2D eigenvalue weighted by Gasteiger charge is 2.31. The third-order valence-electron chi connectivity index (χ3n) is 3.20. The molecule has 1 aromatic rings. The highest BCUT2D eigenvalue weighted by atomic mass is 32.1. The molecule has 0 aliphatic heterocycles. The molecule has 0 atom stereocenters. The topological polar surface area (TPSA) is 64.1 Å². The Morgan fingerprint density at radius 1 is 1.31 bits per heavy atom. The quantitative estimate of drug-likeness (QED) is 0.687. The zero-order chi connectivity index (χ0) is 11.6. The van der Waals surface area contributed by atoms with Crippen molar-refractivity contribution in [3.8, 4) is 0 Å². The summed E-state index contributed by atoms with van der Waals surface area (Å²) in [4.78, 5) is 0. The molecule has 0 unspecified atom stereocenters. The lowest BCUT2D eigenvalue weighted by atomic mass is 9.89. The molecule has 16 heavy (non-hydrogen) atoms. The van der Waals surface area contributed by atoms with E-state index in [1.807, 2.05) is 18.2 Å². The predicted molar refractivity (Wildman–Crippen MR) is 71.2 cm³/mol. The molecule has 1 fully saturated rings. The standard InChI is InChI=1S/C12H17N3S/c13-11(16)15-10-5-3-4-9(8-10)12(14)6-1-2-7-12/h3-5,8H,1-2,6-7,14H2,(H3,13,15,16). The van der Waals surface area contributed by atoms with E-state index in [1.165, 1.54) is 18.4 Å². The maximum absolute atomic E-state index is 6.39. The SMILES string of the molecule is NC(=S)Nc1cccc(C2(N)CCCC2)c1. The highest BCUT2D eigenvalue weighted by Crippen LogP contribution is 2.36. The minimum Gasteiger partial charge on any atom is -0.376 e. The number of rotatable bonds is 2. The van der Waals surface area contributed by atoms with E-state index in [9.17, 15) is 0 Å². The first-order valence-corrected chi connectivity index (χ1v) is 5.97. The summed E-state index contributed by atoms with van der Waals surface area (Å²) in [5, 5.41) is 3.23. The first-order valence-electron chi connectivity index (χ1n) is 5.56. The van der Waals surface area contributed by atoms with Gasteiger partial charge in [0.25, 0.3) is 0 Å². The molecule has 0 heterocycles. The molecular weight excluding hydrogens is 218 g/mol. The van der Waals surface area contributed by atoms with E-state index in [1.54, 1.807) is 0 Å². The van der Waals surface area contributed by atoms with Crippen molar-refractivity contribution in [3.63, 3.8) is 0 Å². The average molecular weight is 235 g/mol. The molecule has 0 bridgehead atoms. The molecule has 1 aliphatic rings. The van der Waals surface area contributed by atoms with Gasteiger partial charge in [0.05, 0.1) is 0 Å². The van der Waals surface area contributed by atoms with E-state index in [-0.39, 0.29) is 10.7 Å². The van der Waals surface area contributed by atoms with Crippen molar-refractivity contribution in [1.82, 2.24) is 0 Å². The number of benzene rings is 1. The normalized spacial score (nSPS) is 18.3. The Bertz CT molecular complexity index is 397. The Labute approximate surface area is 101 Å². The van der Waals surface area contributed by atoms with Crippen LogP contribution in [-0.2, 0) is 5.54 Å². The summed E-state index contributed by atoms with van der Waals surface area (Å²) in [6, 6.07) is 8.06. The molecule has 4 heteroatoms. The van der Waals surface area contributed by atoms with Crippen molar-refractivity contribution in [2.45, 2.75) is 31.2 Å². The summed E-state index contributed by atoms with van der Waals surface area (Å²) in [6.45, 7) is 0. The van der Waals surface area contributed by atoms with Gasteiger partial charge in [-0.15, -0.1) is 0 Å². The maximum atomic E-state index is 6.39. The maximum Gasteiger partial charge on any atom is 0.168 e. The number of nitrogens with one attached hydrogen (secondary N) is 1. The second-order valence-electron chi connectivity index (χ2n) is 4.43. The van der Waals surface area contributed by atoms with Gasteiger partial charge in [0.1, 0.15) is 0 Å². The van der Waals surface area contributed by atoms with Crippen LogP contribution in [0.3, 0.4) is 0 Å². The third-order valence-corrected chi connectivity index (χ3v) is 3.30. The molecule has 86 valence electrons. The van der Waals surface area contributed by atoms with Crippen molar-refractivity contribution >= 4 is 23.0 Å². The van der Waals surface area contributed by atoms with Crippen LogP contribution in [0.2, 0.25) is 0 Å². The molecule has 1 saturated carbocycles. The molecular formula is C12H17N3S. The van der Waals surface area contributed by atoms with Gasteiger partial charge in [0.2, 0.25) is 0 Å². The van der Waals surface area contributed by atoms with Crippen LogP contribution in [0.5, 0.6) is 0 Å². The molecule has 2 rings (SSSR count). The summed E-state index contributed by atoms with van der Waals surface area (Å²) >= 11 is 4.82. The first-order chi connectivity index (χ1) is 7.60. The van der Waals surface area contributed by atoms with Crippen molar-refractivity contribution in [2.24, 2.45) is 11.5 Å². The van der Waals surface area contributed by atoms with Gasteiger partial charge in [0.15, 0.2) is 5.11 Å². The van der Waals surface area contributed by atoms with E-state index in [4.69, 9.17) is 23.7 Å². The van der Waals surface area contributed by atoms with Crippen molar-refractivity contribution in [1.29, 1.82) is 0 Å². The fourth-order valence-corrected chi connectivity index (χ4v) is 2.46. The Hall–Kier alpha value is -1.13. The van der Waals surface area contributed by atoms with E-state index in [2.05, 4.69) is 11.4 Å². The number of hydrogen-bond donors (Lipinski definition) is 3. The molecule has 0 radical (unpaired) electrons. The Morgan fingerprint density at radius 2 is 2.00 bits per heavy atom. The van der Waals surface area contributed by atoms with E-state index < -0.39 is 0 Å². The van der Waals surface area contributed by atoms with Gasteiger partial charge in [-0.25, -0.2) is 0 Å². The van der Waals surface area contributed by atoms with Crippen LogP contribution in [0, 0.1) is 0 Å². The zero-order valence-corrected chi connectivity index (χ0v) is 10.0. The van der Waals surface area contributed by atoms with Crippen molar-refractivity contribution < 1.29 is 0 Å². The van der Waals surface area contributed by atoms with E-state index in [0.29, 0.717) is 0 Å². The van der Waals surface area contributed by atoms with Crippen LogP contribution in [0.15, 0.2) is 24.3 Å². The number of nitrogens with two attached hydrogens (primary N) is 2. The second kappa shape index (κ2) is 4.39. The molecule has 5 N–H and O–H groups in total. The van der Waals surface area contributed by atoms with Gasteiger partial charge in [-0.05, 0) is 42.8 Å². The lowest BCUT2D eigenvalue weighted by Crippen LogP contribution is -2.33. The molecule has 0 spiro atoms. The van der Waals surface area contributed by atoms with Crippen molar-refractivity contribution in [3.05, 3.63) is 29.8 Å². The Morgan fingerprint density at radius 3 is 2.62 bits per heavy atom. The monoisotopic (exact) mass is 235 g/mol. The number of thiocarbonyl (C=S) groups is 1. The molecule has 0 amide bonds. The first kappa shape index (κ1) is 11.4. The zero-order valence-electron chi connectivity index (χ0n) is 9.20. The Balaban J connectivity index is 2.24. The number of anilines is 1. The molecule has 1 aliphatic carbocycles. The lowest BCUT2D eigenvalue weighted by Gasteiger charge is -2.24. The van der Waals surface area contributed by atoms with Crippen LogP contribution < -0.4 is 16.8 Å². The van der Waals surface area contributed by atoms with E-state index in [0.717, 1.165) is 18.5 Å². The van der Waals surface area contributed by atoms with Crippen LogP contribution in [0.25, 0.3) is 0 Å². The van der Waals surface area contributed by atoms with Gasteiger partial charge >= 0.3 is 0 Å². The fourth-order valence-electron chi connectivity index (χ4n) is 2.34. The summed E-state index contributed by atoms with van der Waals surface area (Å²) in [5.41, 5.74) is 13.8. The lowest BCUT2D eigenvalue weighted by molar-refractivity contribution is 0.462. The minimum absolute atomic E-state index is 0.159. The van der Waals surface area contributed by atoms with Gasteiger partial charge in [-0.1, -0.05) is 25.0 Å². The summed E-state index contributed by atoms with van der Waals surface area (Å²) in [5.74, 6) is 0. The third kappa shape index (κ3) is 2.33. The van der Waals surface area contributed by atoms with Gasteiger partial charge in [-0.3, -0.25) is 0 Å². The van der Waals surface area contributed by atoms with Crippen LogP contribution in [-0.4, -0.2) is 5.11 Å². The average Bonchev–Trinajstić information content (AvgIpc) is 2.66. The van der Waals surface area contributed by atoms with E-state index >= 15 is 0 Å². The van der Waals surface area contributed by atoms with Gasteiger partial charge in [-0.2, -0.15) is 0 Å². The highest BCUT2D eigenvalue weighted by molar-refractivity contribution is 7.80. The fraction of sp³-hybridized carbons (Fsp3) is 0.417. The Kier molecular flexibility index (Phi) is 3.12. The smallest absolute Gasteiger partial charge is 0.168 e. The van der Waals surface area contributed by atoms with Crippen LogP contribution in [0.1, 0.15) is 31.2 Å². The summed E-state index contributed by atoms with van der Waals surface area (Å²) in [6.07, 6.45) is 4.54. The number of hydrogen-bond acceptors (Lipinski definition) is 2. The van der Waals surface area contributed by atoms with Gasteiger partial charge < -0.3 is 16.8 Å². The molecule has 0 saturated heterocycles. The summed E-state index contributed by atoms with van der Waals surface area (Å²) in [7, 11) is 0. The molecule has 0 aromatic heterocycles. The molecule has 1 aromatic carbocycles. The van der Waals surface area contributed by atoms with Crippen molar-refractivity contribution in [2.75, 3.05) is 5.32 Å². The summed E-state index contributed by atoms with van der Waals surface area (Å²) < 4.78 is 0.